The number of aliphatic hydroxyl groups is 1. The van der Waals surface area contributed by atoms with Crippen LogP contribution < -0.4 is 10.4 Å². The number of nitrogens with zero attached hydrogens (tertiary/aromatic N) is 2. The van der Waals surface area contributed by atoms with Crippen molar-refractivity contribution in [2.75, 3.05) is 0 Å². The Bertz CT molecular complexity index is 845. The lowest BCUT2D eigenvalue weighted by atomic mass is 10.4. The first kappa shape index (κ1) is 21.0. The van der Waals surface area contributed by atoms with Gasteiger partial charge >= 0.3 is 0 Å². The molecule has 1 N–H and O–H groups in total. The number of aryl methyl sites for hydroxylation is 1. The van der Waals surface area contributed by atoms with E-state index in [1.807, 2.05) is 7.05 Å². The monoisotopic (exact) mass is 458 g/mol. The molecule has 0 unspecified atom stereocenters. The van der Waals surface area contributed by atoms with Crippen molar-refractivity contribution in [1.82, 2.24) is 9.78 Å². The van der Waals surface area contributed by atoms with Gasteiger partial charge in [0.1, 0.15) is 5.69 Å². The van der Waals surface area contributed by atoms with Gasteiger partial charge in [0, 0.05) is 7.05 Å². The molecule has 0 aliphatic rings. The lowest BCUT2D eigenvalue weighted by Crippen LogP contribution is -2.60. The number of benzene rings is 2. The number of aromatic nitrogens is 2. The van der Waals surface area contributed by atoms with Crippen molar-refractivity contribution in [1.29, 1.82) is 0 Å². The van der Waals surface area contributed by atoms with Gasteiger partial charge in [0.15, 0.2) is 0 Å². The Kier molecular flexibility index (Phi) is 7.23. The van der Waals surface area contributed by atoms with Crippen LogP contribution in [-0.4, -0.2) is 23.2 Å². The fourth-order valence-electron chi connectivity index (χ4n) is 3.58. The predicted molar refractivity (Wildman–Crippen MR) is 119 cm³/mol. The number of hydrogen-bond acceptors (Lipinski definition) is 3. The highest BCUT2D eigenvalue weighted by Gasteiger charge is 2.39. The molecular weight excluding hydrogens is 432 g/mol. The van der Waals surface area contributed by atoms with Crippen LogP contribution >= 0.6 is 15.9 Å². The Morgan fingerprint density at radius 3 is 2.07 bits per heavy atom. The van der Waals surface area contributed by atoms with Crippen LogP contribution in [-0.2, 0) is 24.7 Å². The van der Waals surface area contributed by atoms with Crippen LogP contribution in [0.25, 0.3) is 0 Å². The van der Waals surface area contributed by atoms with Crippen molar-refractivity contribution >= 4 is 34.6 Å². The third-order valence-corrected chi connectivity index (χ3v) is 10.3. The molecule has 0 fully saturated rings. The van der Waals surface area contributed by atoms with Crippen molar-refractivity contribution in [3.8, 4) is 0 Å². The normalized spacial score (nSPS) is 11.7. The number of aliphatic hydroxyl groups excluding tert-OH is 1. The van der Waals surface area contributed by atoms with E-state index in [2.05, 4.69) is 88.6 Å². The van der Waals surface area contributed by atoms with Gasteiger partial charge in [0.25, 0.3) is 8.32 Å². The van der Waals surface area contributed by atoms with Gasteiger partial charge in [0.05, 0.1) is 23.4 Å². The molecule has 1 aromatic heterocycles. The molecule has 0 spiro atoms. The highest BCUT2D eigenvalue weighted by Crippen LogP contribution is 2.25. The topological polar surface area (TPSA) is 47.3 Å². The fraction of sp³-hybridized carbons (Fsp3) is 0.318. The zero-order chi connectivity index (χ0) is 20.0. The standard InChI is InChI=1S/C22H27BrN2O2Si/c1-3-4-15-28(18-11-7-5-8-12-18,19-13-9-6-10-14-19)27-17-21-22(23)20(16-26)24-25(21)2/h5-14,26H,3-4,15-17H2,1-2H3. The van der Waals surface area contributed by atoms with Gasteiger partial charge in [-0.15, -0.1) is 0 Å². The van der Waals surface area contributed by atoms with Crippen molar-refractivity contribution in [3.63, 3.8) is 0 Å². The minimum Gasteiger partial charge on any atom is -0.402 e. The summed E-state index contributed by atoms with van der Waals surface area (Å²) in [7, 11) is -0.531. The Morgan fingerprint density at radius 2 is 1.61 bits per heavy atom. The summed E-state index contributed by atoms with van der Waals surface area (Å²) in [6.45, 7) is 2.58. The quantitative estimate of drug-likeness (QED) is 0.496. The largest absolute Gasteiger partial charge is 0.402 e. The third-order valence-electron chi connectivity index (χ3n) is 5.14. The molecule has 0 aliphatic carbocycles. The lowest BCUT2D eigenvalue weighted by molar-refractivity contribution is 0.275. The Hall–Kier alpha value is -1.73. The molecular formula is C22H27BrN2O2Si. The average molecular weight is 459 g/mol. The molecule has 28 heavy (non-hydrogen) atoms. The van der Waals surface area contributed by atoms with E-state index in [0.29, 0.717) is 12.3 Å². The first-order valence-electron chi connectivity index (χ1n) is 9.68. The number of rotatable bonds is 9. The summed E-state index contributed by atoms with van der Waals surface area (Å²) in [4.78, 5) is 0. The van der Waals surface area contributed by atoms with Crippen LogP contribution in [0.3, 0.4) is 0 Å². The second kappa shape index (κ2) is 9.65. The van der Waals surface area contributed by atoms with E-state index < -0.39 is 8.32 Å². The van der Waals surface area contributed by atoms with E-state index in [0.717, 1.165) is 29.1 Å². The van der Waals surface area contributed by atoms with E-state index >= 15 is 0 Å². The van der Waals surface area contributed by atoms with Gasteiger partial charge < -0.3 is 9.53 Å². The Morgan fingerprint density at radius 1 is 1.04 bits per heavy atom. The summed E-state index contributed by atoms with van der Waals surface area (Å²) >= 11 is 3.59. The minimum atomic E-state index is -2.42. The molecule has 6 heteroatoms. The molecule has 2 aromatic carbocycles. The lowest BCUT2D eigenvalue weighted by Gasteiger charge is -2.32. The maximum Gasteiger partial charge on any atom is 0.256 e. The van der Waals surface area contributed by atoms with Crippen LogP contribution in [0.1, 0.15) is 31.2 Å². The van der Waals surface area contributed by atoms with Gasteiger partial charge in [-0.25, -0.2) is 0 Å². The van der Waals surface area contributed by atoms with Crippen LogP contribution in [0.15, 0.2) is 65.1 Å². The number of hydrogen-bond donors (Lipinski definition) is 1. The second-order valence-electron chi connectivity index (χ2n) is 6.94. The fourth-order valence-corrected chi connectivity index (χ4v) is 8.24. The molecule has 148 valence electrons. The highest BCUT2D eigenvalue weighted by molar-refractivity contribution is 9.10. The molecule has 0 atom stereocenters. The van der Waals surface area contributed by atoms with E-state index in [4.69, 9.17) is 4.43 Å². The van der Waals surface area contributed by atoms with Gasteiger partial charge in [0.2, 0.25) is 0 Å². The molecule has 0 bridgehead atoms. The van der Waals surface area contributed by atoms with Crippen LogP contribution in [0.2, 0.25) is 6.04 Å². The summed E-state index contributed by atoms with van der Waals surface area (Å²) in [5.41, 5.74) is 1.59. The molecule has 0 saturated heterocycles. The summed E-state index contributed by atoms with van der Waals surface area (Å²) in [5.74, 6) is 0. The van der Waals surface area contributed by atoms with E-state index in [9.17, 15) is 5.11 Å². The highest BCUT2D eigenvalue weighted by atomic mass is 79.9. The first-order valence-corrected chi connectivity index (χ1v) is 12.6. The molecule has 3 rings (SSSR count). The molecule has 3 aromatic rings. The van der Waals surface area contributed by atoms with Gasteiger partial charge in [-0.3, -0.25) is 4.68 Å². The molecule has 0 saturated carbocycles. The predicted octanol–water partition coefficient (Wildman–Crippen LogP) is 3.75. The zero-order valence-electron chi connectivity index (χ0n) is 16.4. The van der Waals surface area contributed by atoms with Crippen molar-refractivity contribution in [2.45, 2.75) is 39.0 Å². The van der Waals surface area contributed by atoms with Gasteiger partial charge in [-0.2, -0.15) is 5.10 Å². The van der Waals surface area contributed by atoms with E-state index in [1.165, 1.54) is 10.4 Å². The molecule has 0 radical (unpaired) electrons. The minimum absolute atomic E-state index is 0.0931. The molecule has 4 nitrogen and oxygen atoms in total. The van der Waals surface area contributed by atoms with Crippen LogP contribution in [0.4, 0.5) is 0 Å². The molecule has 1 heterocycles. The van der Waals surface area contributed by atoms with Gasteiger partial charge in [-0.1, -0.05) is 80.4 Å². The van der Waals surface area contributed by atoms with Crippen LogP contribution in [0, 0.1) is 0 Å². The van der Waals surface area contributed by atoms with Crippen molar-refractivity contribution in [3.05, 3.63) is 76.5 Å². The summed E-state index contributed by atoms with van der Waals surface area (Å²) < 4.78 is 9.50. The number of halogens is 1. The SMILES string of the molecule is CCCC[Si](OCc1c(Br)c(CO)nn1C)(c1ccccc1)c1ccccc1. The molecule has 0 amide bonds. The summed E-state index contributed by atoms with van der Waals surface area (Å²) in [6, 6.07) is 22.3. The van der Waals surface area contributed by atoms with E-state index in [-0.39, 0.29) is 6.61 Å². The second-order valence-corrected chi connectivity index (χ2v) is 11.3. The maximum atomic E-state index is 9.52. The summed E-state index contributed by atoms with van der Waals surface area (Å²) in [5, 5.41) is 16.5. The Balaban J connectivity index is 2.04. The smallest absolute Gasteiger partial charge is 0.256 e. The summed E-state index contributed by atoms with van der Waals surface area (Å²) in [6.07, 6.45) is 2.24. The van der Waals surface area contributed by atoms with Crippen LogP contribution in [0.5, 0.6) is 0 Å². The Labute approximate surface area is 176 Å². The van der Waals surface area contributed by atoms with E-state index in [1.54, 1.807) is 4.68 Å². The zero-order valence-corrected chi connectivity index (χ0v) is 19.0. The van der Waals surface area contributed by atoms with Crippen molar-refractivity contribution in [2.24, 2.45) is 7.05 Å². The first-order chi connectivity index (χ1) is 13.6. The van der Waals surface area contributed by atoms with Gasteiger partial charge in [-0.05, 0) is 32.3 Å². The third kappa shape index (κ3) is 4.30. The number of unbranched alkanes of at least 4 members (excludes halogenated alkanes) is 1. The van der Waals surface area contributed by atoms with Crippen molar-refractivity contribution < 1.29 is 9.53 Å². The molecule has 0 aliphatic heterocycles. The maximum absolute atomic E-state index is 9.52. The average Bonchev–Trinajstić information content (AvgIpc) is 3.03.